The van der Waals surface area contributed by atoms with Crippen LogP contribution in [0.15, 0.2) is 24.3 Å². The van der Waals surface area contributed by atoms with Crippen LogP contribution in [-0.2, 0) is 11.2 Å². The standard InChI is InChI=1S/C13H19ClN2O/c1-10(15-7-8-16-11(2)17)9-12-3-5-13(14)6-4-12/h3-6,10,15H,7-9H2,1-2H3,(H,16,17). The minimum atomic E-state index is 0.0113. The summed E-state index contributed by atoms with van der Waals surface area (Å²) in [6, 6.07) is 8.26. The lowest BCUT2D eigenvalue weighted by atomic mass is 10.1. The summed E-state index contributed by atoms with van der Waals surface area (Å²) in [4.78, 5) is 10.7. The van der Waals surface area contributed by atoms with Gasteiger partial charge in [0.25, 0.3) is 0 Å². The van der Waals surface area contributed by atoms with E-state index >= 15 is 0 Å². The highest BCUT2D eigenvalue weighted by Gasteiger charge is 2.02. The van der Waals surface area contributed by atoms with Crippen molar-refractivity contribution in [2.45, 2.75) is 26.3 Å². The normalized spacial score (nSPS) is 12.2. The number of carbonyl (C=O) groups excluding carboxylic acids is 1. The van der Waals surface area contributed by atoms with Crippen molar-refractivity contribution in [2.75, 3.05) is 13.1 Å². The van der Waals surface area contributed by atoms with E-state index in [9.17, 15) is 4.79 Å². The Morgan fingerprint density at radius 3 is 2.53 bits per heavy atom. The van der Waals surface area contributed by atoms with Gasteiger partial charge in [-0.1, -0.05) is 23.7 Å². The molecule has 1 unspecified atom stereocenters. The van der Waals surface area contributed by atoms with Crippen molar-refractivity contribution in [1.82, 2.24) is 10.6 Å². The van der Waals surface area contributed by atoms with Gasteiger partial charge in [0, 0.05) is 31.1 Å². The maximum Gasteiger partial charge on any atom is 0.216 e. The summed E-state index contributed by atoms with van der Waals surface area (Å²) in [7, 11) is 0. The molecule has 0 heterocycles. The molecule has 4 heteroatoms. The Kier molecular flexibility index (Phi) is 6.01. The van der Waals surface area contributed by atoms with Crippen molar-refractivity contribution in [2.24, 2.45) is 0 Å². The van der Waals surface area contributed by atoms with Crippen LogP contribution in [-0.4, -0.2) is 25.0 Å². The second-order valence-corrected chi connectivity index (χ2v) is 4.61. The molecule has 94 valence electrons. The predicted molar refractivity (Wildman–Crippen MR) is 71.3 cm³/mol. The number of benzene rings is 1. The highest BCUT2D eigenvalue weighted by atomic mass is 35.5. The molecule has 2 N–H and O–H groups in total. The smallest absolute Gasteiger partial charge is 0.216 e. The van der Waals surface area contributed by atoms with E-state index in [-0.39, 0.29) is 5.91 Å². The molecule has 0 aliphatic carbocycles. The van der Waals surface area contributed by atoms with Gasteiger partial charge < -0.3 is 10.6 Å². The minimum absolute atomic E-state index is 0.0113. The van der Waals surface area contributed by atoms with Gasteiger partial charge in [-0.25, -0.2) is 0 Å². The highest BCUT2D eigenvalue weighted by Crippen LogP contribution is 2.10. The highest BCUT2D eigenvalue weighted by molar-refractivity contribution is 6.30. The number of carbonyl (C=O) groups is 1. The van der Waals surface area contributed by atoms with Crippen molar-refractivity contribution in [3.8, 4) is 0 Å². The molecule has 1 aromatic rings. The van der Waals surface area contributed by atoms with Crippen LogP contribution in [0.1, 0.15) is 19.4 Å². The first-order valence-corrected chi connectivity index (χ1v) is 6.18. The van der Waals surface area contributed by atoms with Crippen LogP contribution < -0.4 is 10.6 Å². The number of nitrogens with one attached hydrogen (secondary N) is 2. The van der Waals surface area contributed by atoms with Crippen LogP contribution in [0.25, 0.3) is 0 Å². The second kappa shape index (κ2) is 7.30. The third kappa shape index (κ3) is 6.29. The van der Waals surface area contributed by atoms with Gasteiger partial charge in [0.05, 0.1) is 0 Å². The molecule has 0 aromatic heterocycles. The molecular weight excluding hydrogens is 236 g/mol. The Hall–Kier alpha value is -1.06. The number of hydrogen-bond donors (Lipinski definition) is 2. The van der Waals surface area contributed by atoms with Gasteiger partial charge >= 0.3 is 0 Å². The molecule has 1 rings (SSSR count). The van der Waals surface area contributed by atoms with E-state index in [2.05, 4.69) is 17.6 Å². The molecule has 1 aromatic carbocycles. The quantitative estimate of drug-likeness (QED) is 0.763. The fourth-order valence-electron chi connectivity index (χ4n) is 1.60. The van der Waals surface area contributed by atoms with Crippen molar-refractivity contribution in [1.29, 1.82) is 0 Å². The van der Waals surface area contributed by atoms with Crippen LogP contribution in [0, 0.1) is 0 Å². The molecule has 0 aliphatic heterocycles. The molecular formula is C13H19ClN2O. The molecule has 0 bridgehead atoms. The fourth-order valence-corrected chi connectivity index (χ4v) is 1.73. The van der Waals surface area contributed by atoms with Crippen molar-refractivity contribution >= 4 is 17.5 Å². The number of rotatable bonds is 6. The number of amides is 1. The summed E-state index contributed by atoms with van der Waals surface area (Å²) in [6.45, 7) is 5.11. The monoisotopic (exact) mass is 254 g/mol. The van der Waals surface area contributed by atoms with Gasteiger partial charge in [0.15, 0.2) is 0 Å². The molecule has 1 amide bonds. The second-order valence-electron chi connectivity index (χ2n) is 4.17. The average molecular weight is 255 g/mol. The maximum absolute atomic E-state index is 10.7. The minimum Gasteiger partial charge on any atom is -0.355 e. The van der Waals surface area contributed by atoms with E-state index in [4.69, 9.17) is 11.6 Å². The number of halogens is 1. The van der Waals surface area contributed by atoms with Gasteiger partial charge in [-0.05, 0) is 31.0 Å². The molecule has 0 saturated heterocycles. The van der Waals surface area contributed by atoms with E-state index < -0.39 is 0 Å². The Balaban J connectivity index is 2.22. The molecule has 0 radical (unpaired) electrons. The topological polar surface area (TPSA) is 41.1 Å². The molecule has 3 nitrogen and oxygen atoms in total. The Labute approximate surface area is 108 Å². The van der Waals surface area contributed by atoms with Crippen LogP contribution >= 0.6 is 11.6 Å². The summed E-state index contributed by atoms with van der Waals surface area (Å²) in [5.74, 6) is 0.0113. The summed E-state index contributed by atoms with van der Waals surface area (Å²) in [6.07, 6.45) is 0.956. The zero-order valence-electron chi connectivity index (χ0n) is 10.3. The SMILES string of the molecule is CC(=O)NCCNC(C)Cc1ccc(Cl)cc1. The van der Waals surface area contributed by atoms with Crippen molar-refractivity contribution in [3.05, 3.63) is 34.9 Å². The first-order valence-electron chi connectivity index (χ1n) is 5.80. The largest absolute Gasteiger partial charge is 0.355 e. The molecule has 0 aliphatic rings. The Morgan fingerprint density at radius 2 is 1.94 bits per heavy atom. The molecule has 17 heavy (non-hydrogen) atoms. The van der Waals surface area contributed by atoms with E-state index in [1.807, 2.05) is 24.3 Å². The molecule has 0 fully saturated rings. The number of hydrogen-bond acceptors (Lipinski definition) is 2. The summed E-state index contributed by atoms with van der Waals surface area (Å²) < 4.78 is 0. The van der Waals surface area contributed by atoms with Crippen LogP contribution in [0.4, 0.5) is 0 Å². The first-order chi connectivity index (χ1) is 8.08. The zero-order valence-corrected chi connectivity index (χ0v) is 11.1. The lowest BCUT2D eigenvalue weighted by Gasteiger charge is -2.14. The van der Waals surface area contributed by atoms with Gasteiger partial charge in [-0.3, -0.25) is 4.79 Å². The average Bonchev–Trinajstić information content (AvgIpc) is 2.27. The molecule has 1 atom stereocenters. The van der Waals surface area contributed by atoms with Crippen LogP contribution in [0.2, 0.25) is 5.02 Å². The Bertz CT molecular complexity index is 351. The zero-order chi connectivity index (χ0) is 12.7. The summed E-state index contributed by atoms with van der Waals surface area (Å²) >= 11 is 5.82. The van der Waals surface area contributed by atoms with Gasteiger partial charge in [0.2, 0.25) is 5.91 Å². The lowest BCUT2D eigenvalue weighted by molar-refractivity contribution is -0.118. The van der Waals surface area contributed by atoms with E-state index in [1.165, 1.54) is 12.5 Å². The van der Waals surface area contributed by atoms with Gasteiger partial charge in [-0.2, -0.15) is 0 Å². The third-order valence-corrected chi connectivity index (χ3v) is 2.70. The van der Waals surface area contributed by atoms with Crippen molar-refractivity contribution < 1.29 is 4.79 Å². The fraction of sp³-hybridized carbons (Fsp3) is 0.462. The third-order valence-electron chi connectivity index (χ3n) is 2.45. The maximum atomic E-state index is 10.7. The van der Waals surface area contributed by atoms with E-state index in [0.717, 1.165) is 18.0 Å². The summed E-state index contributed by atoms with van der Waals surface area (Å²) in [5.41, 5.74) is 1.26. The molecule has 0 spiro atoms. The van der Waals surface area contributed by atoms with Gasteiger partial charge in [0.1, 0.15) is 0 Å². The first kappa shape index (κ1) is 14.0. The van der Waals surface area contributed by atoms with Crippen molar-refractivity contribution in [3.63, 3.8) is 0 Å². The predicted octanol–water partition coefficient (Wildman–Crippen LogP) is 2.00. The summed E-state index contributed by atoms with van der Waals surface area (Å²) in [5, 5.41) is 6.87. The lowest BCUT2D eigenvalue weighted by Crippen LogP contribution is -2.35. The van der Waals surface area contributed by atoms with E-state index in [0.29, 0.717) is 12.6 Å². The van der Waals surface area contributed by atoms with Crippen LogP contribution in [0.3, 0.4) is 0 Å². The van der Waals surface area contributed by atoms with Gasteiger partial charge in [-0.15, -0.1) is 0 Å². The van der Waals surface area contributed by atoms with Crippen LogP contribution in [0.5, 0.6) is 0 Å². The Morgan fingerprint density at radius 1 is 1.29 bits per heavy atom. The van der Waals surface area contributed by atoms with E-state index in [1.54, 1.807) is 0 Å². The molecule has 0 saturated carbocycles.